The molecule has 0 aromatic rings. The van der Waals surface area contributed by atoms with Crippen LogP contribution in [0.25, 0.3) is 0 Å². The van der Waals surface area contributed by atoms with Crippen molar-refractivity contribution >= 4 is 0 Å². The number of fused-ring (bicyclic) bond motifs is 2. The zero-order chi connectivity index (χ0) is 10.8. The minimum atomic E-state index is 0.908. The molecule has 3 rings (SSSR count). The lowest BCUT2D eigenvalue weighted by Crippen LogP contribution is -2.29. The Morgan fingerprint density at radius 2 is 2.00 bits per heavy atom. The van der Waals surface area contributed by atoms with Gasteiger partial charge >= 0.3 is 0 Å². The lowest BCUT2D eigenvalue weighted by molar-refractivity contribution is 0.124. The monoisotopic (exact) mass is 223 g/mol. The quantitative estimate of drug-likeness (QED) is 0.669. The third-order valence-corrected chi connectivity index (χ3v) is 4.76. The summed E-state index contributed by atoms with van der Waals surface area (Å²) < 4.78 is 5.62. The van der Waals surface area contributed by atoms with Gasteiger partial charge in [0, 0.05) is 13.2 Å². The molecule has 0 radical (unpaired) electrons. The molecular weight excluding hydrogens is 198 g/mol. The Labute approximate surface area is 99.1 Å². The highest BCUT2D eigenvalue weighted by molar-refractivity contribution is 4.90. The Morgan fingerprint density at radius 3 is 2.69 bits per heavy atom. The molecule has 92 valence electrons. The maximum absolute atomic E-state index is 5.62. The molecule has 0 heterocycles. The SMILES string of the molecule is C(COCC1CC1)NCC1CC2CCC1C2. The number of rotatable bonds is 7. The van der Waals surface area contributed by atoms with Crippen molar-refractivity contribution in [1.82, 2.24) is 5.32 Å². The summed E-state index contributed by atoms with van der Waals surface area (Å²) in [6.45, 7) is 4.22. The van der Waals surface area contributed by atoms with Gasteiger partial charge in [-0.2, -0.15) is 0 Å². The molecular formula is C14H25NO. The van der Waals surface area contributed by atoms with Gasteiger partial charge in [-0.25, -0.2) is 0 Å². The van der Waals surface area contributed by atoms with Crippen LogP contribution < -0.4 is 5.32 Å². The summed E-state index contributed by atoms with van der Waals surface area (Å²) >= 11 is 0. The molecule has 3 aliphatic rings. The molecule has 16 heavy (non-hydrogen) atoms. The maximum atomic E-state index is 5.62. The van der Waals surface area contributed by atoms with Gasteiger partial charge in [-0.15, -0.1) is 0 Å². The molecule has 0 aromatic carbocycles. The van der Waals surface area contributed by atoms with Gasteiger partial charge in [0.15, 0.2) is 0 Å². The molecule has 0 aromatic heterocycles. The van der Waals surface area contributed by atoms with E-state index in [-0.39, 0.29) is 0 Å². The molecule has 3 unspecified atom stereocenters. The second-order valence-electron chi connectivity index (χ2n) is 6.16. The van der Waals surface area contributed by atoms with Crippen molar-refractivity contribution in [1.29, 1.82) is 0 Å². The molecule has 3 aliphatic carbocycles. The third-order valence-electron chi connectivity index (χ3n) is 4.76. The van der Waals surface area contributed by atoms with Crippen molar-refractivity contribution in [2.24, 2.45) is 23.7 Å². The fraction of sp³-hybridized carbons (Fsp3) is 1.00. The summed E-state index contributed by atoms with van der Waals surface area (Å²) in [5.74, 6) is 4.04. The normalized spacial score (nSPS) is 37.1. The minimum Gasteiger partial charge on any atom is -0.380 e. The number of ether oxygens (including phenoxy) is 1. The van der Waals surface area contributed by atoms with E-state index in [4.69, 9.17) is 4.74 Å². The smallest absolute Gasteiger partial charge is 0.0591 e. The van der Waals surface area contributed by atoms with Crippen LogP contribution in [0.2, 0.25) is 0 Å². The van der Waals surface area contributed by atoms with Crippen LogP contribution in [0.4, 0.5) is 0 Å². The second kappa shape index (κ2) is 5.05. The molecule has 0 spiro atoms. The molecule has 3 fully saturated rings. The maximum Gasteiger partial charge on any atom is 0.0591 e. The zero-order valence-corrected chi connectivity index (χ0v) is 10.3. The topological polar surface area (TPSA) is 21.3 Å². The molecule has 2 nitrogen and oxygen atoms in total. The lowest BCUT2D eigenvalue weighted by atomic mass is 9.89. The highest BCUT2D eigenvalue weighted by atomic mass is 16.5. The highest BCUT2D eigenvalue weighted by Crippen LogP contribution is 2.47. The molecule has 0 amide bonds. The van der Waals surface area contributed by atoms with E-state index in [1.165, 1.54) is 45.1 Å². The Kier molecular flexibility index (Phi) is 3.49. The molecule has 0 aliphatic heterocycles. The van der Waals surface area contributed by atoms with E-state index >= 15 is 0 Å². The average molecular weight is 223 g/mol. The molecule has 2 heteroatoms. The number of hydrogen-bond acceptors (Lipinski definition) is 2. The average Bonchev–Trinajstić information content (AvgIpc) is 2.88. The molecule has 3 saturated carbocycles. The molecule has 2 bridgehead atoms. The van der Waals surface area contributed by atoms with E-state index in [0.717, 1.165) is 43.4 Å². The fourth-order valence-corrected chi connectivity index (χ4v) is 3.59. The van der Waals surface area contributed by atoms with Crippen molar-refractivity contribution < 1.29 is 4.74 Å². The van der Waals surface area contributed by atoms with Crippen molar-refractivity contribution in [2.75, 3.05) is 26.3 Å². The first-order valence-corrected chi connectivity index (χ1v) is 7.20. The Morgan fingerprint density at radius 1 is 1.06 bits per heavy atom. The Bertz CT molecular complexity index is 227. The summed E-state index contributed by atoms with van der Waals surface area (Å²) in [6.07, 6.45) is 8.86. The third kappa shape index (κ3) is 2.78. The molecule has 0 saturated heterocycles. The standard InChI is InChI=1S/C14H25NO/c1-2-11(1)10-16-6-5-15-9-14-8-12-3-4-13(14)7-12/h11-15H,1-10H2. The van der Waals surface area contributed by atoms with Gasteiger partial charge in [0.05, 0.1) is 6.61 Å². The van der Waals surface area contributed by atoms with Crippen LogP contribution in [0.15, 0.2) is 0 Å². The van der Waals surface area contributed by atoms with Gasteiger partial charge in [-0.1, -0.05) is 6.42 Å². The summed E-state index contributed by atoms with van der Waals surface area (Å²) in [6, 6.07) is 0. The predicted octanol–water partition coefficient (Wildman–Crippen LogP) is 2.44. The van der Waals surface area contributed by atoms with E-state index in [1.54, 1.807) is 0 Å². The van der Waals surface area contributed by atoms with E-state index in [1.807, 2.05) is 0 Å². The fourth-order valence-electron chi connectivity index (χ4n) is 3.59. The van der Waals surface area contributed by atoms with Crippen LogP contribution in [0.5, 0.6) is 0 Å². The first-order chi connectivity index (χ1) is 7.92. The van der Waals surface area contributed by atoms with Gasteiger partial charge in [-0.05, 0) is 62.3 Å². The van der Waals surface area contributed by atoms with Gasteiger partial charge in [0.25, 0.3) is 0 Å². The van der Waals surface area contributed by atoms with E-state index < -0.39 is 0 Å². The van der Waals surface area contributed by atoms with E-state index in [9.17, 15) is 0 Å². The lowest BCUT2D eigenvalue weighted by Gasteiger charge is -2.21. The van der Waals surface area contributed by atoms with Crippen LogP contribution in [-0.4, -0.2) is 26.3 Å². The Balaban J connectivity index is 1.21. The van der Waals surface area contributed by atoms with Crippen LogP contribution >= 0.6 is 0 Å². The molecule has 3 atom stereocenters. The van der Waals surface area contributed by atoms with E-state index in [2.05, 4.69) is 5.32 Å². The highest BCUT2D eigenvalue weighted by Gasteiger charge is 2.38. The Hall–Kier alpha value is -0.0800. The van der Waals surface area contributed by atoms with Gasteiger partial charge in [0.1, 0.15) is 0 Å². The largest absolute Gasteiger partial charge is 0.380 e. The number of hydrogen-bond donors (Lipinski definition) is 1. The van der Waals surface area contributed by atoms with Crippen LogP contribution in [-0.2, 0) is 4.74 Å². The van der Waals surface area contributed by atoms with Gasteiger partial charge in [0.2, 0.25) is 0 Å². The van der Waals surface area contributed by atoms with Crippen molar-refractivity contribution in [2.45, 2.75) is 38.5 Å². The van der Waals surface area contributed by atoms with Gasteiger partial charge < -0.3 is 10.1 Å². The van der Waals surface area contributed by atoms with Crippen molar-refractivity contribution in [3.8, 4) is 0 Å². The van der Waals surface area contributed by atoms with Crippen LogP contribution in [0.1, 0.15) is 38.5 Å². The van der Waals surface area contributed by atoms with Crippen molar-refractivity contribution in [3.05, 3.63) is 0 Å². The minimum absolute atomic E-state index is 0.908. The van der Waals surface area contributed by atoms with Crippen LogP contribution in [0, 0.1) is 23.7 Å². The number of nitrogens with one attached hydrogen (secondary N) is 1. The summed E-state index contributed by atoms with van der Waals surface area (Å²) in [4.78, 5) is 0. The van der Waals surface area contributed by atoms with E-state index in [0.29, 0.717) is 0 Å². The zero-order valence-electron chi connectivity index (χ0n) is 10.3. The first kappa shape index (κ1) is 11.0. The van der Waals surface area contributed by atoms with Gasteiger partial charge in [-0.3, -0.25) is 0 Å². The summed E-state index contributed by atoms with van der Waals surface area (Å²) in [7, 11) is 0. The van der Waals surface area contributed by atoms with Crippen LogP contribution in [0.3, 0.4) is 0 Å². The summed E-state index contributed by atoms with van der Waals surface area (Å²) in [5.41, 5.74) is 0. The van der Waals surface area contributed by atoms with Crippen molar-refractivity contribution in [3.63, 3.8) is 0 Å². The summed E-state index contributed by atoms with van der Waals surface area (Å²) in [5, 5.41) is 3.58. The predicted molar refractivity (Wildman–Crippen MR) is 65.4 cm³/mol. The first-order valence-electron chi connectivity index (χ1n) is 7.20. The molecule has 1 N–H and O–H groups in total. The second-order valence-corrected chi connectivity index (χ2v) is 6.16.